The maximum atomic E-state index is 12.1. The predicted molar refractivity (Wildman–Crippen MR) is 99.6 cm³/mol. The van der Waals surface area contributed by atoms with Crippen molar-refractivity contribution in [2.75, 3.05) is 11.9 Å². The molecule has 0 radical (unpaired) electrons. The third-order valence-corrected chi connectivity index (χ3v) is 3.96. The highest BCUT2D eigenvalue weighted by atomic mass is 79.9. The predicted octanol–water partition coefficient (Wildman–Crippen LogP) is 4.10. The van der Waals surface area contributed by atoms with Gasteiger partial charge >= 0.3 is 5.97 Å². The Balaban J connectivity index is 1.86. The number of benzene rings is 2. The summed E-state index contributed by atoms with van der Waals surface area (Å²) in [6, 6.07) is 14.5. The lowest BCUT2D eigenvalue weighted by Gasteiger charge is -2.16. The Morgan fingerprint density at radius 1 is 1.16 bits per heavy atom. The second-order valence-electron chi connectivity index (χ2n) is 5.44. The van der Waals surface area contributed by atoms with Crippen LogP contribution in [0.4, 0.5) is 5.69 Å². The molecule has 0 heterocycles. The summed E-state index contributed by atoms with van der Waals surface area (Å²) >= 11 is 3.37. The van der Waals surface area contributed by atoms with Gasteiger partial charge in [0.2, 0.25) is 0 Å². The Morgan fingerprint density at radius 2 is 1.88 bits per heavy atom. The van der Waals surface area contributed by atoms with E-state index in [9.17, 15) is 9.59 Å². The minimum Gasteiger partial charge on any atom is -0.479 e. The Labute approximate surface area is 155 Å². The van der Waals surface area contributed by atoms with E-state index in [2.05, 4.69) is 21.2 Å². The maximum absolute atomic E-state index is 12.1. The van der Waals surface area contributed by atoms with Crippen molar-refractivity contribution in [3.8, 4) is 5.75 Å². The largest absolute Gasteiger partial charge is 0.479 e. The number of carbonyl (C=O) groups is 2. The summed E-state index contributed by atoms with van der Waals surface area (Å²) in [6.45, 7) is 3.34. The van der Waals surface area contributed by atoms with E-state index in [-0.39, 0.29) is 6.61 Å². The SMILES string of the molecule is CC[C@H](Oc1ccccc1)C(=O)OCC(=O)Nc1ccc(Br)cc1C. The van der Waals surface area contributed by atoms with Crippen molar-refractivity contribution in [2.45, 2.75) is 26.4 Å². The van der Waals surface area contributed by atoms with Crippen LogP contribution in [0.15, 0.2) is 53.0 Å². The lowest BCUT2D eigenvalue weighted by atomic mass is 10.2. The zero-order chi connectivity index (χ0) is 18.2. The average Bonchev–Trinajstić information content (AvgIpc) is 2.61. The molecule has 1 atom stereocenters. The number of carbonyl (C=O) groups excluding carboxylic acids is 2. The molecule has 0 unspecified atom stereocenters. The van der Waals surface area contributed by atoms with Crippen molar-refractivity contribution < 1.29 is 19.1 Å². The van der Waals surface area contributed by atoms with Crippen molar-refractivity contribution in [1.29, 1.82) is 0 Å². The van der Waals surface area contributed by atoms with Crippen LogP contribution in [0.3, 0.4) is 0 Å². The number of esters is 1. The smallest absolute Gasteiger partial charge is 0.347 e. The van der Waals surface area contributed by atoms with Crippen molar-refractivity contribution in [3.63, 3.8) is 0 Å². The Bertz CT molecular complexity index is 733. The summed E-state index contributed by atoms with van der Waals surface area (Å²) in [5.41, 5.74) is 1.59. The molecule has 2 rings (SSSR count). The van der Waals surface area contributed by atoms with Gasteiger partial charge in [-0.1, -0.05) is 41.1 Å². The first kappa shape index (κ1) is 19.0. The highest BCUT2D eigenvalue weighted by Crippen LogP contribution is 2.20. The van der Waals surface area contributed by atoms with Crippen LogP contribution in [0, 0.1) is 6.92 Å². The molecular formula is C19H20BrNO4. The molecule has 0 spiro atoms. The van der Waals surface area contributed by atoms with Gasteiger partial charge < -0.3 is 14.8 Å². The van der Waals surface area contributed by atoms with E-state index in [1.807, 2.05) is 44.2 Å². The summed E-state index contributed by atoms with van der Waals surface area (Å²) < 4.78 is 11.6. The third-order valence-electron chi connectivity index (χ3n) is 3.46. The van der Waals surface area contributed by atoms with Crippen LogP contribution in [0.25, 0.3) is 0 Å². The molecule has 132 valence electrons. The minimum atomic E-state index is -0.746. The molecule has 0 fully saturated rings. The second kappa shape index (κ2) is 9.22. The van der Waals surface area contributed by atoms with Gasteiger partial charge in [-0.15, -0.1) is 0 Å². The van der Waals surface area contributed by atoms with Crippen molar-refractivity contribution in [3.05, 3.63) is 58.6 Å². The summed E-state index contributed by atoms with van der Waals surface area (Å²) in [4.78, 5) is 24.1. The zero-order valence-corrected chi connectivity index (χ0v) is 15.7. The molecular weight excluding hydrogens is 386 g/mol. The summed E-state index contributed by atoms with van der Waals surface area (Å²) in [6.07, 6.45) is -0.300. The van der Waals surface area contributed by atoms with Crippen LogP contribution >= 0.6 is 15.9 Å². The highest BCUT2D eigenvalue weighted by molar-refractivity contribution is 9.10. The van der Waals surface area contributed by atoms with Crippen molar-refractivity contribution >= 4 is 33.5 Å². The van der Waals surface area contributed by atoms with Gasteiger partial charge in [-0.25, -0.2) is 4.79 Å². The van der Waals surface area contributed by atoms with Gasteiger partial charge in [-0.3, -0.25) is 4.79 Å². The highest BCUT2D eigenvalue weighted by Gasteiger charge is 2.21. The maximum Gasteiger partial charge on any atom is 0.347 e. The van der Waals surface area contributed by atoms with Crippen LogP contribution in [0.2, 0.25) is 0 Å². The molecule has 0 saturated carbocycles. The number of hydrogen-bond donors (Lipinski definition) is 1. The van der Waals surface area contributed by atoms with E-state index in [0.717, 1.165) is 10.0 Å². The van der Waals surface area contributed by atoms with Gasteiger partial charge in [0, 0.05) is 10.2 Å². The minimum absolute atomic E-state index is 0.358. The lowest BCUT2D eigenvalue weighted by molar-refractivity contribution is -0.154. The summed E-state index contributed by atoms with van der Waals surface area (Å²) in [5, 5.41) is 2.72. The Hall–Kier alpha value is -2.34. The van der Waals surface area contributed by atoms with Crippen LogP contribution in [0.5, 0.6) is 5.75 Å². The number of rotatable bonds is 7. The summed E-state index contributed by atoms with van der Waals surface area (Å²) in [5.74, 6) is -0.372. The molecule has 6 heteroatoms. The molecule has 0 aliphatic heterocycles. The molecule has 25 heavy (non-hydrogen) atoms. The van der Waals surface area contributed by atoms with Gasteiger partial charge in [0.05, 0.1) is 0 Å². The molecule has 1 N–H and O–H groups in total. The van der Waals surface area contributed by atoms with Gasteiger partial charge in [-0.2, -0.15) is 0 Å². The van der Waals surface area contributed by atoms with Crippen molar-refractivity contribution in [2.24, 2.45) is 0 Å². The van der Waals surface area contributed by atoms with E-state index in [0.29, 0.717) is 17.9 Å². The Morgan fingerprint density at radius 3 is 2.52 bits per heavy atom. The van der Waals surface area contributed by atoms with Crippen LogP contribution in [-0.2, 0) is 14.3 Å². The molecule has 0 aromatic heterocycles. The first-order valence-corrected chi connectivity index (χ1v) is 8.73. The van der Waals surface area contributed by atoms with Gasteiger partial charge in [0.15, 0.2) is 12.7 Å². The topological polar surface area (TPSA) is 64.6 Å². The molecule has 2 aromatic carbocycles. The first-order chi connectivity index (χ1) is 12.0. The molecule has 0 aliphatic rings. The lowest BCUT2D eigenvalue weighted by Crippen LogP contribution is -2.31. The second-order valence-corrected chi connectivity index (χ2v) is 6.36. The van der Waals surface area contributed by atoms with E-state index in [1.165, 1.54) is 0 Å². The number of para-hydroxylation sites is 1. The summed E-state index contributed by atoms with van der Waals surface area (Å²) in [7, 11) is 0. The van der Waals surface area contributed by atoms with Gasteiger partial charge in [0.1, 0.15) is 5.75 Å². The molecule has 5 nitrogen and oxygen atoms in total. The van der Waals surface area contributed by atoms with Gasteiger partial charge in [0.25, 0.3) is 5.91 Å². The number of ether oxygens (including phenoxy) is 2. The third kappa shape index (κ3) is 5.90. The average molecular weight is 406 g/mol. The molecule has 0 aliphatic carbocycles. The fourth-order valence-electron chi connectivity index (χ4n) is 2.14. The zero-order valence-electron chi connectivity index (χ0n) is 14.1. The normalized spacial score (nSPS) is 11.5. The van der Waals surface area contributed by atoms with E-state index >= 15 is 0 Å². The molecule has 2 aromatic rings. The number of hydrogen-bond acceptors (Lipinski definition) is 4. The van der Waals surface area contributed by atoms with E-state index < -0.39 is 18.0 Å². The molecule has 1 amide bonds. The van der Waals surface area contributed by atoms with Crippen LogP contribution < -0.4 is 10.1 Å². The van der Waals surface area contributed by atoms with Crippen molar-refractivity contribution in [1.82, 2.24) is 0 Å². The first-order valence-electron chi connectivity index (χ1n) is 7.94. The fourth-order valence-corrected chi connectivity index (χ4v) is 2.62. The van der Waals surface area contributed by atoms with E-state index in [1.54, 1.807) is 18.2 Å². The quantitative estimate of drug-likeness (QED) is 0.704. The van der Waals surface area contributed by atoms with E-state index in [4.69, 9.17) is 9.47 Å². The standard InChI is InChI=1S/C19H20BrNO4/c1-3-17(25-15-7-5-4-6-8-15)19(23)24-12-18(22)21-16-10-9-14(20)11-13(16)2/h4-11,17H,3,12H2,1-2H3,(H,21,22)/t17-/m0/s1. The number of nitrogens with one attached hydrogen (secondary N) is 1. The van der Waals surface area contributed by atoms with Crippen LogP contribution in [-0.4, -0.2) is 24.6 Å². The molecule has 0 bridgehead atoms. The van der Waals surface area contributed by atoms with Gasteiger partial charge in [-0.05, 0) is 49.2 Å². The van der Waals surface area contributed by atoms with Crippen LogP contribution in [0.1, 0.15) is 18.9 Å². The fraction of sp³-hybridized carbons (Fsp3) is 0.263. The number of anilines is 1. The number of aryl methyl sites for hydroxylation is 1. The number of amides is 1. The number of halogens is 1. The monoisotopic (exact) mass is 405 g/mol. The molecule has 0 saturated heterocycles. The Kier molecular flexibility index (Phi) is 7.01.